The second-order valence-corrected chi connectivity index (χ2v) is 6.34. The molecule has 1 aliphatic heterocycles. The third-order valence-electron chi connectivity index (χ3n) is 5.23. The van der Waals surface area contributed by atoms with Crippen molar-refractivity contribution in [2.75, 3.05) is 13.1 Å². The topological polar surface area (TPSA) is 24.1 Å². The quantitative estimate of drug-likeness (QED) is 0.813. The summed E-state index contributed by atoms with van der Waals surface area (Å²) in [7, 11) is 0. The summed E-state index contributed by atoms with van der Waals surface area (Å²) in [5, 5.41) is 7.39. The number of rotatable bonds is 3. The molecule has 5 unspecified atom stereocenters. The van der Waals surface area contributed by atoms with Crippen molar-refractivity contribution in [1.82, 2.24) is 10.6 Å². The number of nitrogens with one attached hydrogen (secondary N) is 2. The predicted octanol–water partition coefficient (Wildman–Crippen LogP) is 2.57. The summed E-state index contributed by atoms with van der Waals surface area (Å²) in [6, 6.07) is 1.49. The molecule has 5 atom stereocenters. The average molecular weight is 259 g/mol. The highest BCUT2D eigenvalue weighted by Gasteiger charge is 2.42. The highest BCUT2D eigenvalue weighted by Crippen LogP contribution is 2.49. The molecule has 1 heterocycles. The van der Waals surface area contributed by atoms with Crippen molar-refractivity contribution in [2.24, 2.45) is 17.8 Å². The van der Waals surface area contributed by atoms with E-state index in [0.29, 0.717) is 0 Å². The van der Waals surface area contributed by atoms with Crippen LogP contribution in [-0.4, -0.2) is 25.2 Å². The molecular weight excluding hydrogens is 232 g/mol. The Kier molecular flexibility index (Phi) is 4.73. The van der Waals surface area contributed by atoms with Gasteiger partial charge in [0.1, 0.15) is 0 Å². The highest BCUT2D eigenvalue weighted by atomic mass is 35.5. The molecule has 0 spiro atoms. The number of halogens is 1. The summed E-state index contributed by atoms with van der Waals surface area (Å²) >= 11 is 0. The van der Waals surface area contributed by atoms with E-state index in [9.17, 15) is 0 Å². The fourth-order valence-electron chi connectivity index (χ4n) is 4.40. The van der Waals surface area contributed by atoms with Crippen molar-refractivity contribution >= 4 is 12.4 Å². The Labute approximate surface area is 112 Å². The molecule has 2 bridgehead atoms. The van der Waals surface area contributed by atoms with Crippen LogP contribution in [0.5, 0.6) is 0 Å². The largest absolute Gasteiger partial charge is 0.315 e. The van der Waals surface area contributed by atoms with Crippen LogP contribution in [0.2, 0.25) is 0 Å². The van der Waals surface area contributed by atoms with Gasteiger partial charge in [-0.15, -0.1) is 12.4 Å². The van der Waals surface area contributed by atoms with Gasteiger partial charge in [0.05, 0.1) is 0 Å². The molecule has 100 valence electrons. The third-order valence-corrected chi connectivity index (χ3v) is 5.23. The summed E-state index contributed by atoms with van der Waals surface area (Å²) in [6.07, 6.45) is 8.82. The molecule has 0 aromatic rings. The van der Waals surface area contributed by atoms with Crippen molar-refractivity contribution in [3.63, 3.8) is 0 Å². The van der Waals surface area contributed by atoms with Gasteiger partial charge in [-0.05, 0) is 63.3 Å². The van der Waals surface area contributed by atoms with E-state index in [2.05, 4.69) is 17.6 Å². The van der Waals surface area contributed by atoms with Crippen molar-refractivity contribution < 1.29 is 0 Å². The van der Waals surface area contributed by atoms with Crippen molar-refractivity contribution in [3.8, 4) is 0 Å². The zero-order chi connectivity index (χ0) is 11.0. The van der Waals surface area contributed by atoms with Crippen molar-refractivity contribution in [1.29, 1.82) is 0 Å². The molecule has 0 amide bonds. The van der Waals surface area contributed by atoms with Gasteiger partial charge >= 0.3 is 0 Å². The molecule has 2 N–H and O–H groups in total. The first-order chi connectivity index (χ1) is 7.83. The van der Waals surface area contributed by atoms with E-state index in [0.717, 1.165) is 29.8 Å². The minimum atomic E-state index is 0. The molecule has 17 heavy (non-hydrogen) atoms. The molecule has 2 nitrogen and oxygen atoms in total. The minimum Gasteiger partial charge on any atom is -0.315 e. The number of hydrogen-bond donors (Lipinski definition) is 2. The Bertz CT molecular complexity index is 240. The van der Waals surface area contributed by atoms with Crippen molar-refractivity contribution in [2.45, 2.75) is 57.5 Å². The van der Waals surface area contributed by atoms with Crippen LogP contribution in [0.4, 0.5) is 0 Å². The van der Waals surface area contributed by atoms with Crippen LogP contribution in [0.25, 0.3) is 0 Å². The van der Waals surface area contributed by atoms with Crippen LogP contribution in [0.3, 0.4) is 0 Å². The zero-order valence-electron chi connectivity index (χ0n) is 11.0. The standard InChI is InChI=1S/C14H26N2.ClH/c1-10(16-13-3-2-6-15-9-13)14-8-11-4-5-12(14)7-11;/h10-16H,2-9H2,1H3;1H. The highest BCUT2D eigenvalue weighted by molar-refractivity contribution is 5.85. The molecular formula is C14H27ClN2. The maximum absolute atomic E-state index is 3.88. The van der Waals surface area contributed by atoms with Gasteiger partial charge in [-0.25, -0.2) is 0 Å². The first-order valence-corrected chi connectivity index (χ1v) is 7.29. The van der Waals surface area contributed by atoms with Crippen molar-refractivity contribution in [3.05, 3.63) is 0 Å². The van der Waals surface area contributed by atoms with Crippen LogP contribution in [0.1, 0.15) is 45.4 Å². The van der Waals surface area contributed by atoms with E-state index >= 15 is 0 Å². The lowest BCUT2D eigenvalue weighted by atomic mass is 9.83. The molecule has 3 fully saturated rings. The van der Waals surface area contributed by atoms with E-state index in [-0.39, 0.29) is 12.4 Å². The first kappa shape index (κ1) is 13.6. The Balaban J connectivity index is 0.00000108. The van der Waals surface area contributed by atoms with Crippen LogP contribution in [-0.2, 0) is 0 Å². The van der Waals surface area contributed by atoms with Gasteiger partial charge in [0.2, 0.25) is 0 Å². The van der Waals surface area contributed by atoms with Crippen LogP contribution in [0, 0.1) is 17.8 Å². The van der Waals surface area contributed by atoms with Gasteiger partial charge in [0.15, 0.2) is 0 Å². The lowest BCUT2D eigenvalue weighted by Gasteiger charge is -2.33. The number of hydrogen-bond acceptors (Lipinski definition) is 2. The SMILES string of the molecule is CC(NC1CCCNC1)C1CC2CCC1C2.Cl. The Hall–Kier alpha value is 0.210. The summed E-state index contributed by atoms with van der Waals surface area (Å²) in [5.41, 5.74) is 0. The Morgan fingerprint density at radius 1 is 1.18 bits per heavy atom. The number of fused-ring (bicyclic) bond motifs is 2. The van der Waals surface area contributed by atoms with E-state index in [1.807, 2.05) is 0 Å². The first-order valence-electron chi connectivity index (χ1n) is 7.29. The van der Waals surface area contributed by atoms with Crippen LogP contribution < -0.4 is 10.6 Å². The average Bonchev–Trinajstić information content (AvgIpc) is 2.92. The summed E-state index contributed by atoms with van der Waals surface area (Å²) in [5.74, 6) is 3.13. The maximum Gasteiger partial charge on any atom is 0.0195 e. The summed E-state index contributed by atoms with van der Waals surface area (Å²) in [6.45, 7) is 4.84. The zero-order valence-corrected chi connectivity index (χ0v) is 11.8. The monoisotopic (exact) mass is 258 g/mol. The normalized spacial score (nSPS) is 42.2. The second-order valence-electron chi connectivity index (χ2n) is 6.34. The van der Waals surface area contributed by atoms with E-state index in [1.54, 1.807) is 6.42 Å². The summed E-state index contributed by atoms with van der Waals surface area (Å²) in [4.78, 5) is 0. The molecule has 0 radical (unpaired) electrons. The fourth-order valence-corrected chi connectivity index (χ4v) is 4.40. The Morgan fingerprint density at radius 3 is 2.65 bits per heavy atom. The van der Waals surface area contributed by atoms with Gasteiger partial charge in [-0.1, -0.05) is 6.42 Å². The third kappa shape index (κ3) is 2.97. The lowest BCUT2D eigenvalue weighted by Crippen LogP contribution is -2.49. The molecule has 3 heteroatoms. The van der Waals surface area contributed by atoms with Gasteiger partial charge in [-0.2, -0.15) is 0 Å². The van der Waals surface area contributed by atoms with Gasteiger partial charge in [0, 0.05) is 18.6 Å². The second kappa shape index (κ2) is 5.90. The molecule has 1 saturated heterocycles. The Morgan fingerprint density at radius 2 is 2.06 bits per heavy atom. The van der Waals surface area contributed by atoms with E-state index < -0.39 is 0 Å². The number of piperidine rings is 1. The molecule has 3 aliphatic rings. The van der Waals surface area contributed by atoms with E-state index in [4.69, 9.17) is 0 Å². The van der Waals surface area contributed by atoms with E-state index in [1.165, 1.54) is 45.2 Å². The lowest BCUT2D eigenvalue weighted by molar-refractivity contribution is 0.232. The molecule has 2 aliphatic carbocycles. The van der Waals surface area contributed by atoms with Gasteiger partial charge < -0.3 is 10.6 Å². The van der Waals surface area contributed by atoms with Gasteiger partial charge in [-0.3, -0.25) is 0 Å². The van der Waals surface area contributed by atoms with Crippen LogP contribution >= 0.6 is 12.4 Å². The van der Waals surface area contributed by atoms with Gasteiger partial charge in [0.25, 0.3) is 0 Å². The molecule has 0 aromatic carbocycles. The molecule has 0 aromatic heterocycles. The fraction of sp³-hybridized carbons (Fsp3) is 1.00. The minimum absolute atomic E-state index is 0. The molecule has 3 rings (SSSR count). The predicted molar refractivity (Wildman–Crippen MR) is 74.7 cm³/mol. The summed E-state index contributed by atoms with van der Waals surface area (Å²) < 4.78 is 0. The smallest absolute Gasteiger partial charge is 0.0195 e. The maximum atomic E-state index is 3.88. The van der Waals surface area contributed by atoms with Crippen LogP contribution in [0.15, 0.2) is 0 Å². The molecule has 2 saturated carbocycles.